The van der Waals surface area contributed by atoms with Crippen molar-refractivity contribution in [2.45, 2.75) is 40.2 Å². The molecule has 0 saturated heterocycles. The molecule has 154 valence electrons. The molecule has 0 fully saturated rings. The predicted molar refractivity (Wildman–Crippen MR) is 118 cm³/mol. The van der Waals surface area contributed by atoms with Gasteiger partial charge in [0.2, 0.25) is 5.76 Å². The van der Waals surface area contributed by atoms with Crippen LogP contribution in [0.25, 0.3) is 21.3 Å². The zero-order valence-electron chi connectivity index (χ0n) is 17.2. The molecule has 1 N–H and O–H groups in total. The number of carboxylic acid groups (broad SMARTS) is 1. The summed E-state index contributed by atoms with van der Waals surface area (Å²) in [5, 5.41) is 11.7. The standard InChI is InChI=1S/C23H22N2O4S/c1-12(2)20-24-21-19(17(11-30-21)15-6-5-13(3)14(4)9-15)22(26)25(20)10-16-7-8-18(29-16)23(27)28/h5-9,11-12H,10H2,1-4H3,(H,27,28). The number of furan rings is 1. The van der Waals surface area contributed by atoms with Crippen LogP contribution in [0, 0.1) is 13.8 Å². The SMILES string of the molecule is Cc1ccc(-c2csc3nc(C(C)C)n(Cc4ccc(C(=O)O)o4)c(=O)c23)cc1C. The van der Waals surface area contributed by atoms with Gasteiger partial charge < -0.3 is 9.52 Å². The molecule has 0 aliphatic rings. The van der Waals surface area contributed by atoms with E-state index < -0.39 is 5.97 Å². The van der Waals surface area contributed by atoms with Crippen LogP contribution in [0.1, 0.15) is 53.0 Å². The third-order valence-electron chi connectivity index (χ3n) is 5.24. The van der Waals surface area contributed by atoms with Gasteiger partial charge in [-0.25, -0.2) is 9.78 Å². The van der Waals surface area contributed by atoms with E-state index in [-0.39, 0.29) is 23.8 Å². The van der Waals surface area contributed by atoms with Crippen molar-refractivity contribution in [3.05, 3.63) is 74.5 Å². The molecule has 0 aliphatic carbocycles. The molecule has 0 aliphatic heterocycles. The fourth-order valence-electron chi connectivity index (χ4n) is 3.49. The number of hydrogen-bond acceptors (Lipinski definition) is 5. The second-order valence-electron chi connectivity index (χ2n) is 7.72. The molecule has 0 spiro atoms. The van der Waals surface area contributed by atoms with E-state index in [1.807, 2.05) is 25.3 Å². The Bertz CT molecular complexity index is 1330. The topological polar surface area (TPSA) is 85.3 Å². The van der Waals surface area contributed by atoms with E-state index in [4.69, 9.17) is 14.5 Å². The van der Waals surface area contributed by atoms with Crippen LogP contribution in [0.5, 0.6) is 0 Å². The van der Waals surface area contributed by atoms with Crippen molar-refractivity contribution < 1.29 is 14.3 Å². The Hall–Kier alpha value is -3.19. The van der Waals surface area contributed by atoms with Crippen molar-refractivity contribution in [3.8, 4) is 11.1 Å². The van der Waals surface area contributed by atoms with Gasteiger partial charge >= 0.3 is 5.97 Å². The van der Waals surface area contributed by atoms with Gasteiger partial charge in [-0.1, -0.05) is 32.0 Å². The van der Waals surface area contributed by atoms with Crippen LogP contribution in [0.2, 0.25) is 0 Å². The lowest BCUT2D eigenvalue weighted by Gasteiger charge is -2.14. The maximum Gasteiger partial charge on any atom is 0.371 e. The average molecular weight is 423 g/mol. The van der Waals surface area contributed by atoms with Crippen LogP contribution < -0.4 is 5.56 Å². The van der Waals surface area contributed by atoms with E-state index in [1.165, 1.54) is 23.0 Å². The molecular formula is C23H22N2O4S. The molecule has 30 heavy (non-hydrogen) atoms. The minimum atomic E-state index is -1.14. The molecule has 6 nitrogen and oxygen atoms in total. The zero-order chi connectivity index (χ0) is 21.6. The van der Waals surface area contributed by atoms with Crippen LogP contribution >= 0.6 is 11.3 Å². The molecule has 4 aromatic rings. The maximum absolute atomic E-state index is 13.6. The van der Waals surface area contributed by atoms with E-state index in [1.54, 1.807) is 10.6 Å². The van der Waals surface area contributed by atoms with Crippen LogP contribution in [0.3, 0.4) is 0 Å². The molecular weight excluding hydrogens is 400 g/mol. The van der Waals surface area contributed by atoms with Crippen molar-refractivity contribution in [1.29, 1.82) is 0 Å². The number of aryl methyl sites for hydroxylation is 2. The monoisotopic (exact) mass is 422 g/mol. The Morgan fingerprint density at radius 1 is 1.20 bits per heavy atom. The number of fused-ring (bicyclic) bond motifs is 1. The summed E-state index contributed by atoms with van der Waals surface area (Å²) in [5.74, 6) is -0.219. The number of benzene rings is 1. The Morgan fingerprint density at radius 2 is 1.97 bits per heavy atom. The van der Waals surface area contributed by atoms with Gasteiger partial charge in [-0.2, -0.15) is 0 Å². The van der Waals surface area contributed by atoms with Gasteiger partial charge in [-0.3, -0.25) is 9.36 Å². The first-order valence-corrected chi connectivity index (χ1v) is 10.6. The summed E-state index contributed by atoms with van der Waals surface area (Å²) in [6, 6.07) is 9.15. The Labute approximate surface area is 177 Å². The van der Waals surface area contributed by atoms with E-state index in [0.29, 0.717) is 21.8 Å². The van der Waals surface area contributed by atoms with Gasteiger partial charge in [-0.15, -0.1) is 11.3 Å². The highest BCUT2D eigenvalue weighted by Crippen LogP contribution is 2.33. The lowest BCUT2D eigenvalue weighted by Crippen LogP contribution is -2.26. The first-order valence-electron chi connectivity index (χ1n) is 9.67. The highest BCUT2D eigenvalue weighted by atomic mass is 32.1. The Balaban J connectivity index is 1.90. The lowest BCUT2D eigenvalue weighted by atomic mass is 10.0. The molecule has 0 radical (unpaired) electrons. The molecule has 4 rings (SSSR count). The Kier molecular flexibility index (Phi) is 5.07. The summed E-state index contributed by atoms with van der Waals surface area (Å²) >= 11 is 1.46. The van der Waals surface area contributed by atoms with Crippen LogP contribution in [0.15, 0.2) is 44.9 Å². The summed E-state index contributed by atoms with van der Waals surface area (Å²) < 4.78 is 6.98. The Morgan fingerprint density at radius 3 is 2.60 bits per heavy atom. The largest absolute Gasteiger partial charge is 0.475 e. The van der Waals surface area contributed by atoms with E-state index in [0.717, 1.165) is 16.7 Å². The number of rotatable bonds is 5. The van der Waals surface area contributed by atoms with Gasteiger partial charge in [0.25, 0.3) is 5.56 Å². The van der Waals surface area contributed by atoms with Gasteiger partial charge in [0.15, 0.2) is 0 Å². The first kappa shape index (κ1) is 20.1. The van der Waals surface area contributed by atoms with Crippen LogP contribution in [-0.2, 0) is 6.54 Å². The lowest BCUT2D eigenvalue weighted by molar-refractivity contribution is 0.0660. The molecule has 0 amide bonds. The predicted octanol–water partition coefficient (Wildman–Crippen LogP) is 5.20. The number of carboxylic acids is 1. The van der Waals surface area contributed by atoms with E-state index in [2.05, 4.69) is 26.0 Å². The number of carbonyl (C=O) groups is 1. The van der Waals surface area contributed by atoms with Crippen molar-refractivity contribution in [2.24, 2.45) is 0 Å². The molecule has 3 heterocycles. The summed E-state index contributed by atoms with van der Waals surface area (Å²) in [5.41, 5.74) is 4.06. The fourth-order valence-corrected chi connectivity index (χ4v) is 4.43. The van der Waals surface area contributed by atoms with Crippen molar-refractivity contribution in [3.63, 3.8) is 0 Å². The van der Waals surface area contributed by atoms with Gasteiger partial charge in [0.05, 0.1) is 11.9 Å². The van der Waals surface area contributed by atoms with Crippen LogP contribution in [0.4, 0.5) is 0 Å². The summed E-state index contributed by atoms with van der Waals surface area (Å²) in [4.78, 5) is 30.2. The number of thiophene rings is 1. The molecule has 1 aromatic carbocycles. The zero-order valence-corrected chi connectivity index (χ0v) is 18.0. The average Bonchev–Trinajstić information content (AvgIpc) is 3.33. The van der Waals surface area contributed by atoms with Gasteiger partial charge in [-0.05, 0) is 42.7 Å². The van der Waals surface area contributed by atoms with E-state index >= 15 is 0 Å². The number of nitrogens with zero attached hydrogens (tertiary/aromatic N) is 2. The van der Waals surface area contributed by atoms with E-state index in [9.17, 15) is 9.59 Å². The maximum atomic E-state index is 13.6. The van der Waals surface area contributed by atoms with Crippen molar-refractivity contribution in [1.82, 2.24) is 9.55 Å². The number of aromatic nitrogens is 2. The van der Waals surface area contributed by atoms with Gasteiger partial charge in [0.1, 0.15) is 16.4 Å². The second kappa shape index (κ2) is 7.57. The number of aromatic carboxylic acids is 1. The minimum Gasteiger partial charge on any atom is -0.475 e. The molecule has 7 heteroatoms. The quantitative estimate of drug-likeness (QED) is 0.477. The second-order valence-corrected chi connectivity index (χ2v) is 8.57. The summed E-state index contributed by atoms with van der Waals surface area (Å²) in [7, 11) is 0. The molecule has 3 aromatic heterocycles. The normalized spacial score (nSPS) is 11.5. The van der Waals surface area contributed by atoms with Crippen molar-refractivity contribution in [2.75, 3.05) is 0 Å². The van der Waals surface area contributed by atoms with Crippen LogP contribution in [-0.4, -0.2) is 20.6 Å². The third-order valence-corrected chi connectivity index (χ3v) is 6.12. The highest BCUT2D eigenvalue weighted by molar-refractivity contribution is 7.17. The minimum absolute atomic E-state index is 0.0168. The summed E-state index contributed by atoms with van der Waals surface area (Å²) in [6.07, 6.45) is 0. The summed E-state index contributed by atoms with van der Waals surface area (Å²) in [6.45, 7) is 8.20. The fraction of sp³-hybridized carbons (Fsp3) is 0.261. The smallest absolute Gasteiger partial charge is 0.371 e. The first-order chi connectivity index (χ1) is 14.3. The van der Waals surface area contributed by atoms with Crippen molar-refractivity contribution >= 4 is 27.5 Å². The molecule has 0 atom stereocenters. The molecule has 0 saturated carbocycles. The highest BCUT2D eigenvalue weighted by Gasteiger charge is 2.20. The van der Waals surface area contributed by atoms with Gasteiger partial charge in [0, 0.05) is 16.9 Å². The molecule has 0 bridgehead atoms. The molecule has 0 unspecified atom stereocenters. The third kappa shape index (κ3) is 3.45. The number of hydrogen-bond donors (Lipinski definition) is 1.